The minimum Gasteiger partial charge on any atom is -0.473 e. The molecule has 8 heavy (non-hydrogen) atoms. The maximum atomic E-state index is 9.10. The van der Waals surface area contributed by atoms with E-state index in [-0.39, 0.29) is 26.3 Å². The molecule has 1 radical (unpaired) electrons. The smallest absolute Gasteiger partial charge is 0.414 e. The van der Waals surface area contributed by atoms with Gasteiger partial charge < -0.3 is 10.2 Å². The third-order valence-electron chi connectivity index (χ3n) is 0.183. The van der Waals surface area contributed by atoms with Gasteiger partial charge in [0.05, 0.1) is 0 Å². The summed E-state index contributed by atoms with van der Waals surface area (Å²) in [5, 5.41) is 14.8. The summed E-state index contributed by atoms with van der Waals surface area (Å²) in [6.07, 6.45) is 0. The van der Waals surface area contributed by atoms with Gasteiger partial charge in [0.15, 0.2) is 0 Å². The third kappa shape index (κ3) is 9.11. The zero-order valence-corrected chi connectivity index (χ0v) is 3.71. The van der Waals surface area contributed by atoms with Gasteiger partial charge in [-0.05, 0) is 0 Å². The summed E-state index contributed by atoms with van der Waals surface area (Å²) >= 11 is 0. The van der Waals surface area contributed by atoms with Crippen molar-refractivity contribution in [2.45, 2.75) is 7.43 Å². The van der Waals surface area contributed by atoms with Crippen molar-refractivity contribution < 1.29 is 19.8 Å². The molecule has 0 fully saturated rings. The molecule has 0 rings (SSSR count). The molecule has 0 aliphatic rings. The van der Waals surface area contributed by atoms with E-state index < -0.39 is 11.9 Å². The van der Waals surface area contributed by atoms with Gasteiger partial charge in [-0.15, -0.1) is 0 Å². The van der Waals surface area contributed by atoms with Gasteiger partial charge in [-0.2, -0.15) is 0 Å². The van der Waals surface area contributed by atoms with Gasteiger partial charge in [0.1, 0.15) is 0 Å². The molecule has 0 saturated carbocycles. The first-order valence-corrected chi connectivity index (χ1v) is 1.11. The van der Waals surface area contributed by atoms with Crippen LogP contribution in [0.3, 0.4) is 0 Å². The molecule has 0 amide bonds. The molecule has 2 N–H and O–H groups in total. The number of aliphatic carboxylic acids is 2. The molecule has 43 valence electrons. The van der Waals surface area contributed by atoms with Gasteiger partial charge in [0, 0.05) is 18.9 Å². The first-order chi connectivity index (χ1) is 2.64. The van der Waals surface area contributed by atoms with Crippen LogP contribution < -0.4 is 0 Å². The van der Waals surface area contributed by atoms with E-state index in [4.69, 9.17) is 19.8 Å². The van der Waals surface area contributed by atoms with Crippen LogP contribution in [0.4, 0.5) is 0 Å². The summed E-state index contributed by atoms with van der Waals surface area (Å²) in [5.74, 6) is -3.65. The van der Waals surface area contributed by atoms with Crippen molar-refractivity contribution in [3.63, 3.8) is 0 Å². The number of hydrogen-bond donors (Lipinski definition) is 2. The fourth-order valence-corrected chi connectivity index (χ4v) is 0. The quantitative estimate of drug-likeness (QED) is 0.325. The van der Waals surface area contributed by atoms with Crippen molar-refractivity contribution in [3.8, 4) is 0 Å². The van der Waals surface area contributed by atoms with Crippen LogP contribution >= 0.6 is 0 Å². The van der Waals surface area contributed by atoms with Crippen molar-refractivity contribution >= 4 is 30.8 Å². The van der Waals surface area contributed by atoms with Gasteiger partial charge in [-0.1, -0.05) is 7.43 Å². The van der Waals surface area contributed by atoms with Crippen LogP contribution in [0, 0.1) is 0 Å². The van der Waals surface area contributed by atoms with Gasteiger partial charge in [0.2, 0.25) is 0 Å². The molecule has 0 aliphatic heterocycles. The first-order valence-electron chi connectivity index (χ1n) is 1.11. The van der Waals surface area contributed by atoms with Gasteiger partial charge in [0.25, 0.3) is 0 Å². The van der Waals surface area contributed by atoms with E-state index in [0.29, 0.717) is 0 Å². The molecule has 0 atom stereocenters. The van der Waals surface area contributed by atoms with Crippen molar-refractivity contribution in [3.05, 3.63) is 0 Å². The summed E-state index contributed by atoms with van der Waals surface area (Å²) in [4.78, 5) is 18.2. The Balaban J connectivity index is -0.000000125. The molecule has 0 aromatic heterocycles. The topological polar surface area (TPSA) is 74.6 Å². The van der Waals surface area contributed by atoms with Crippen LogP contribution in [0.5, 0.6) is 0 Å². The molecule has 0 saturated heterocycles. The molecule has 0 heterocycles. The summed E-state index contributed by atoms with van der Waals surface area (Å²) in [5.41, 5.74) is 0. The first kappa shape index (κ1) is 15.6. The Bertz CT molecular complexity index is 77.3. The minimum absolute atomic E-state index is 0. The fraction of sp³-hybridized carbons (Fsp3) is 0.333. The second kappa shape index (κ2) is 6.54. The SMILES string of the molecule is C.O=C(O)C(=O)O.[Li]. The number of carboxylic acid groups (broad SMARTS) is 2. The third-order valence-corrected chi connectivity index (χ3v) is 0.183. The van der Waals surface area contributed by atoms with E-state index in [1.54, 1.807) is 0 Å². The molecule has 0 bridgehead atoms. The zero-order valence-electron chi connectivity index (χ0n) is 3.71. The Morgan fingerprint density at radius 2 is 1.12 bits per heavy atom. The Kier molecular flexibility index (Phi) is 12.8. The number of hydrogen-bond acceptors (Lipinski definition) is 2. The molecule has 0 unspecified atom stereocenters. The number of carbonyl (C=O) groups is 2. The molecule has 5 heteroatoms. The van der Waals surface area contributed by atoms with Crippen LogP contribution in [-0.4, -0.2) is 41.0 Å². The predicted molar refractivity (Wildman–Crippen MR) is 27.8 cm³/mol. The monoisotopic (exact) mass is 113 g/mol. The van der Waals surface area contributed by atoms with Crippen molar-refractivity contribution in [2.75, 3.05) is 0 Å². The van der Waals surface area contributed by atoms with E-state index >= 15 is 0 Å². The summed E-state index contributed by atoms with van der Waals surface area (Å²) in [6, 6.07) is 0. The molecule has 0 aromatic rings. The van der Waals surface area contributed by atoms with Crippen molar-refractivity contribution in [1.29, 1.82) is 0 Å². The normalized spacial score (nSPS) is 5.50. The molecule has 0 spiro atoms. The zero-order chi connectivity index (χ0) is 5.15. The number of carboxylic acids is 2. The number of rotatable bonds is 0. The standard InChI is InChI=1S/C2H2O4.CH4.Li/c3-1(4)2(5)6;;/h(H,3,4)(H,5,6);1H4;. The maximum absolute atomic E-state index is 9.10. The Hall–Kier alpha value is -0.463. The maximum Gasteiger partial charge on any atom is 0.414 e. The molecular formula is C3H6LiO4. The van der Waals surface area contributed by atoms with Crippen LogP contribution in [-0.2, 0) is 9.59 Å². The van der Waals surface area contributed by atoms with E-state index in [0.717, 1.165) is 0 Å². The van der Waals surface area contributed by atoms with Crippen molar-refractivity contribution in [1.82, 2.24) is 0 Å². The largest absolute Gasteiger partial charge is 0.473 e. The van der Waals surface area contributed by atoms with Crippen molar-refractivity contribution in [2.24, 2.45) is 0 Å². The molecule has 0 aromatic carbocycles. The minimum atomic E-state index is -1.82. The second-order valence-electron chi connectivity index (χ2n) is 0.610. The molecular weight excluding hydrogens is 107 g/mol. The van der Waals surface area contributed by atoms with Gasteiger partial charge >= 0.3 is 11.9 Å². The molecule has 4 nitrogen and oxygen atoms in total. The van der Waals surface area contributed by atoms with E-state index in [1.165, 1.54) is 0 Å². The second-order valence-corrected chi connectivity index (χ2v) is 0.610. The van der Waals surface area contributed by atoms with E-state index in [2.05, 4.69) is 0 Å². The summed E-state index contributed by atoms with van der Waals surface area (Å²) < 4.78 is 0. The van der Waals surface area contributed by atoms with Crippen LogP contribution in [0.1, 0.15) is 7.43 Å². The molecule has 0 aliphatic carbocycles. The Labute approximate surface area is 58.7 Å². The van der Waals surface area contributed by atoms with E-state index in [9.17, 15) is 0 Å². The Morgan fingerprint density at radius 3 is 1.12 bits per heavy atom. The van der Waals surface area contributed by atoms with E-state index in [1.807, 2.05) is 0 Å². The average molecular weight is 113 g/mol. The van der Waals surface area contributed by atoms with Crippen LogP contribution in [0.25, 0.3) is 0 Å². The van der Waals surface area contributed by atoms with Gasteiger partial charge in [-0.25, -0.2) is 9.59 Å². The predicted octanol–water partition coefficient (Wildman–Crippen LogP) is -0.589. The average Bonchev–Trinajstić information content (AvgIpc) is 1.36. The van der Waals surface area contributed by atoms with Gasteiger partial charge in [-0.3, -0.25) is 0 Å². The summed E-state index contributed by atoms with van der Waals surface area (Å²) in [7, 11) is 0. The summed E-state index contributed by atoms with van der Waals surface area (Å²) in [6.45, 7) is 0. The Morgan fingerprint density at radius 1 is 1.00 bits per heavy atom. The van der Waals surface area contributed by atoms with Crippen LogP contribution in [0.2, 0.25) is 0 Å². The van der Waals surface area contributed by atoms with Crippen LogP contribution in [0.15, 0.2) is 0 Å². The fourth-order valence-electron chi connectivity index (χ4n) is 0.